The smallest absolute Gasteiger partial charge is 0.442 e. The van der Waals surface area contributed by atoms with Gasteiger partial charge >= 0.3 is 12.2 Å². The summed E-state index contributed by atoms with van der Waals surface area (Å²) in [5.41, 5.74) is 1.76. The molecule has 10 nitrogen and oxygen atoms in total. The van der Waals surface area contributed by atoms with Crippen molar-refractivity contribution in [1.82, 2.24) is 10.2 Å². The van der Waals surface area contributed by atoms with E-state index in [0.29, 0.717) is 25.6 Å². The van der Waals surface area contributed by atoms with Crippen LogP contribution in [0.5, 0.6) is 0 Å². The second kappa shape index (κ2) is 13.1. The maximum atomic E-state index is 12.4. The average molecular weight is 506 g/mol. The molecule has 1 aromatic carbocycles. The third-order valence-electron chi connectivity index (χ3n) is 6.28. The number of carbonyl (C=O) groups is 4. The zero-order valence-corrected chi connectivity index (χ0v) is 22.2. The molecular weight excluding hydrogens is 466 g/mol. The zero-order valence-electron chi connectivity index (χ0n) is 22.2. The van der Waals surface area contributed by atoms with Crippen LogP contribution in [0.4, 0.5) is 15.3 Å². The van der Waals surface area contributed by atoms with Gasteiger partial charge < -0.3 is 24.4 Å². The van der Waals surface area contributed by atoms with Crippen molar-refractivity contribution in [1.29, 1.82) is 0 Å². The molecule has 2 heterocycles. The van der Waals surface area contributed by atoms with Crippen LogP contribution in [0, 0.1) is 5.92 Å². The van der Waals surface area contributed by atoms with Gasteiger partial charge in [-0.25, -0.2) is 9.59 Å². The first-order valence-corrected chi connectivity index (χ1v) is 12.7. The molecule has 10 heteroatoms. The fraction of sp³-hybridized carbons (Fsp3) is 0.615. The van der Waals surface area contributed by atoms with Crippen LogP contribution in [-0.2, 0) is 29.2 Å². The summed E-state index contributed by atoms with van der Waals surface area (Å²) in [5.74, 6) is -0.0245. The fourth-order valence-electron chi connectivity index (χ4n) is 4.56. The molecule has 0 aromatic heterocycles. The Hall–Kier alpha value is -3.30. The lowest BCUT2D eigenvalue weighted by atomic mass is 9.94. The number of fused-ring (bicyclic) bond motifs is 1. The van der Waals surface area contributed by atoms with Crippen molar-refractivity contribution in [3.8, 4) is 0 Å². The molecule has 1 N–H and O–H groups in total. The van der Waals surface area contributed by atoms with Crippen LogP contribution in [0.1, 0.15) is 53.5 Å². The van der Waals surface area contributed by atoms with Crippen molar-refractivity contribution >= 4 is 29.8 Å². The molecular formula is C26H39N3O7. The summed E-state index contributed by atoms with van der Waals surface area (Å²) in [6, 6.07) is 7.76. The minimum absolute atomic E-state index is 0.0857. The Bertz CT molecular complexity index is 921. The van der Waals surface area contributed by atoms with E-state index in [1.54, 1.807) is 16.7 Å². The maximum absolute atomic E-state index is 12.4. The summed E-state index contributed by atoms with van der Waals surface area (Å²) in [4.78, 5) is 50.3. The molecule has 36 heavy (non-hydrogen) atoms. The Balaban J connectivity index is 0.00000109. The first-order valence-electron chi connectivity index (χ1n) is 12.7. The van der Waals surface area contributed by atoms with Gasteiger partial charge in [-0.15, -0.1) is 0 Å². The monoisotopic (exact) mass is 505 g/mol. The zero-order chi connectivity index (χ0) is 26.9. The van der Waals surface area contributed by atoms with Crippen LogP contribution in [0.15, 0.2) is 24.3 Å². The van der Waals surface area contributed by atoms with Crippen LogP contribution >= 0.6 is 0 Å². The highest BCUT2D eigenvalue weighted by Crippen LogP contribution is 2.59. The first kappa shape index (κ1) is 28.9. The first-order chi connectivity index (χ1) is 17.3. The van der Waals surface area contributed by atoms with Gasteiger partial charge in [-0.05, 0) is 37.0 Å². The van der Waals surface area contributed by atoms with Crippen LogP contribution in [0.25, 0.3) is 0 Å². The third-order valence-corrected chi connectivity index (χ3v) is 6.28. The molecule has 2 aliphatic heterocycles. The number of nitrogens with zero attached hydrogens (tertiary/aromatic N) is 2. The number of carbonyl (C=O) groups excluding carboxylic acids is 4. The van der Waals surface area contributed by atoms with Crippen molar-refractivity contribution in [2.75, 3.05) is 44.3 Å². The van der Waals surface area contributed by atoms with Crippen molar-refractivity contribution in [2.45, 2.75) is 59.5 Å². The lowest BCUT2D eigenvalue weighted by Gasteiger charge is -2.22. The summed E-state index contributed by atoms with van der Waals surface area (Å²) in [6.07, 6.45) is -0.659. The fourth-order valence-corrected chi connectivity index (χ4v) is 4.56. The van der Waals surface area contributed by atoms with E-state index in [0.717, 1.165) is 17.7 Å². The van der Waals surface area contributed by atoms with Gasteiger partial charge in [0.15, 0.2) is 6.61 Å². The molecule has 1 aromatic rings. The average Bonchev–Trinajstić information content (AvgIpc) is 3.25. The van der Waals surface area contributed by atoms with Crippen molar-refractivity contribution < 1.29 is 33.4 Å². The minimum Gasteiger partial charge on any atom is -0.442 e. The molecule has 1 aliphatic carbocycles. The van der Waals surface area contributed by atoms with E-state index < -0.39 is 12.2 Å². The number of benzene rings is 1. The van der Waals surface area contributed by atoms with E-state index in [2.05, 4.69) is 10.1 Å². The maximum Gasteiger partial charge on any atom is 0.508 e. The lowest BCUT2D eigenvalue weighted by Crippen LogP contribution is -2.36. The second-order valence-corrected chi connectivity index (χ2v) is 8.40. The quantitative estimate of drug-likeness (QED) is 0.564. The molecule has 3 atom stereocenters. The Kier molecular flexibility index (Phi) is 10.6. The van der Waals surface area contributed by atoms with E-state index >= 15 is 0 Å². The number of nitrogens with one attached hydrogen (secondary N) is 1. The summed E-state index contributed by atoms with van der Waals surface area (Å²) < 4.78 is 14.8. The predicted octanol–water partition coefficient (Wildman–Crippen LogP) is 3.47. The van der Waals surface area contributed by atoms with E-state index in [1.807, 2.05) is 52.0 Å². The number of hydrogen-bond acceptors (Lipinski definition) is 7. The molecule has 4 rings (SSSR count). The molecule has 0 radical (unpaired) electrons. The van der Waals surface area contributed by atoms with Gasteiger partial charge in [-0.2, -0.15) is 0 Å². The highest BCUT2D eigenvalue weighted by molar-refractivity contribution is 5.90. The molecule has 200 valence electrons. The normalized spacial score (nSPS) is 23.2. The van der Waals surface area contributed by atoms with E-state index in [9.17, 15) is 19.2 Å². The summed E-state index contributed by atoms with van der Waals surface area (Å²) in [7, 11) is 0. The number of piperidine rings is 1. The largest absolute Gasteiger partial charge is 0.508 e. The minimum atomic E-state index is -0.838. The number of anilines is 1. The van der Waals surface area contributed by atoms with Crippen LogP contribution in [-0.4, -0.2) is 74.5 Å². The van der Waals surface area contributed by atoms with Gasteiger partial charge in [0.25, 0.3) is 5.91 Å². The van der Waals surface area contributed by atoms with Crippen LogP contribution < -0.4 is 10.2 Å². The number of rotatable bonds is 7. The molecule has 0 bridgehead atoms. The number of likely N-dealkylation sites (tertiary alicyclic amines) is 1. The molecule has 3 fully saturated rings. The topological polar surface area (TPSA) is 114 Å². The number of amides is 3. The number of hydrogen-bond donors (Lipinski definition) is 1. The summed E-state index contributed by atoms with van der Waals surface area (Å²) in [5, 5.41) is 2.66. The van der Waals surface area contributed by atoms with Crippen LogP contribution in [0.3, 0.4) is 0 Å². The van der Waals surface area contributed by atoms with E-state index in [1.165, 1.54) is 6.92 Å². The van der Waals surface area contributed by atoms with Crippen molar-refractivity contribution in [2.24, 2.45) is 5.92 Å². The van der Waals surface area contributed by atoms with E-state index in [-0.39, 0.29) is 43.1 Å². The predicted molar refractivity (Wildman–Crippen MR) is 135 cm³/mol. The SMILES string of the molecule is CC.CC.CCOC(=O)OCC(=O)N1CC2CC2(c2ccc(N3CC(CNC(C)=O)OC3=O)cc2)C1. The lowest BCUT2D eigenvalue weighted by molar-refractivity contribution is -0.134. The summed E-state index contributed by atoms with van der Waals surface area (Å²) in [6.45, 7) is 12.8. The molecule has 1 saturated carbocycles. The second-order valence-electron chi connectivity index (χ2n) is 8.40. The Morgan fingerprint density at radius 3 is 2.36 bits per heavy atom. The van der Waals surface area contributed by atoms with Gasteiger partial charge in [-0.1, -0.05) is 39.8 Å². The van der Waals surface area contributed by atoms with Gasteiger partial charge in [0, 0.05) is 31.1 Å². The summed E-state index contributed by atoms with van der Waals surface area (Å²) >= 11 is 0. The molecule has 0 spiro atoms. The number of cyclic esters (lactones) is 1. The van der Waals surface area contributed by atoms with Crippen molar-refractivity contribution in [3.05, 3.63) is 29.8 Å². The number of ether oxygens (including phenoxy) is 3. The Morgan fingerprint density at radius 2 is 1.75 bits per heavy atom. The Labute approximate surface area is 213 Å². The van der Waals surface area contributed by atoms with Gasteiger partial charge in [0.1, 0.15) is 6.10 Å². The third kappa shape index (κ3) is 6.67. The van der Waals surface area contributed by atoms with Gasteiger partial charge in [0.05, 0.1) is 19.7 Å². The highest BCUT2D eigenvalue weighted by Gasteiger charge is 2.61. The van der Waals surface area contributed by atoms with Gasteiger partial charge in [0.2, 0.25) is 5.91 Å². The standard InChI is InChI=1S/C22H27N3O7.2C2H6/c1-3-30-21(29)31-12-19(27)24-10-16-8-22(16,13-24)15-4-6-17(7-5-15)25-11-18(32-20(25)28)9-23-14(2)26;2*1-2/h4-7,16,18H,3,8-13H2,1-2H3,(H,23,26);2*1-2H3. The molecule has 3 unspecified atom stereocenters. The molecule has 3 amide bonds. The molecule has 3 aliphatic rings. The Morgan fingerprint density at radius 1 is 1.08 bits per heavy atom. The van der Waals surface area contributed by atoms with Crippen LogP contribution in [0.2, 0.25) is 0 Å². The molecule has 2 saturated heterocycles. The highest BCUT2D eigenvalue weighted by atomic mass is 16.7. The van der Waals surface area contributed by atoms with Gasteiger partial charge in [-0.3, -0.25) is 14.5 Å². The van der Waals surface area contributed by atoms with Crippen molar-refractivity contribution in [3.63, 3.8) is 0 Å². The van der Waals surface area contributed by atoms with E-state index in [4.69, 9.17) is 9.47 Å².